The summed E-state index contributed by atoms with van der Waals surface area (Å²) < 4.78 is 4.84. The Labute approximate surface area is 95.1 Å². The number of hydrogen-bond donors (Lipinski definition) is 2. The van der Waals surface area contributed by atoms with Crippen LogP contribution in [0.1, 0.15) is 15.3 Å². The maximum atomic E-state index is 9.40. The quantitative estimate of drug-likeness (QED) is 0.776. The third kappa shape index (κ3) is 4.30. The molecule has 3 nitrogen and oxygen atoms in total. The molecular weight excluding hydrogens is 210 g/mol. The van der Waals surface area contributed by atoms with E-state index < -0.39 is 6.10 Å². The van der Waals surface area contributed by atoms with E-state index in [0.717, 1.165) is 6.54 Å². The highest BCUT2D eigenvalue weighted by Crippen LogP contribution is 2.20. The lowest BCUT2D eigenvalue weighted by Crippen LogP contribution is -2.29. The van der Waals surface area contributed by atoms with Crippen molar-refractivity contribution in [1.29, 1.82) is 0 Å². The van der Waals surface area contributed by atoms with Gasteiger partial charge in [0.05, 0.1) is 12.7 Å². The van der Waals surface area contributed by atoms with Crippen LogP contribution in [0.2, 0.25) is 0 Å². The highest BCUT2D eigenvalue weighted by atomic mass is 32.1. The number of rotatable bonds is 6. The lowest BCUT2D eigenvalue weighted by molar-refractivity contribution is 0.0644. The van der Waals surface area contributed by atoms with E-state index in [9.17, 15) is 5.11 Å². The maximum Gasteiger partial charge on any atom is 0.0897 e. The highest BCUT2D eigenvalue weighted by molar-refractivity contribution is 7.12. The van der Waals surface area contributed by atoms with Crippen LogP contribution in [0.25, 0.3) is 0 Å². The van der Waals surface area contributed by atoms with Crippen LogP contribution in [0.3, 0.4) is 0 Å². The van der Waals surface area contributed by atoms with Crippen molar-refractivity contribution >= 4 is 11.3 Å². The minimum atomic E-state index is -0.419. The molecule has 2 N–H and O–H groups in total. The molecule has 0 amide bonds. The lowest BCUT2D eigenvalue weighted by Gasteiger charge is -2.09. The third-order valence-electron chi connectivity index (χ3n) is 2.26. The van der Waals surface area contributed by atoms with Gasteiger partial charge in [-0.3, -0.25) is 0 Å². The summed E-state index contributed by atoms with van der Waals surface area (Å²) in [6.07, 6.45) is -0.419. The Hall–Kier alpha value is -0.420. The summed E-state index contributed by atoms with van der Waals surface area (Å²) in [5.74, 6) is 0. The smallest absolute Gasteiger partial charge is 0.0897 e. The second-order valence-corrected chi connectivity index (χ2v) is 5.03. The first-order chi connectivity index (χ1) is 7.13. The van der Waals surface area contributed by atoms with Gasteiger partial charge in [-0.2, -0.15) is 0 Å². The highest BCUT2D eigenvalue weighted by Gasteiger charge is 2.04. The Kier molecular flexibility index (Phi) is 5.25. The fourth-order valence-corrected chi connectivity index (χ4v) is 2.37. The maximum absolute atomic E-state index is 9.40. The summed E-state index contributed by atoms with van der Waals surface area (Å²) in [5.41, 5.74) is 1.34. The molecule has 0 fully saturated rings. The van der Waals surface area contributed by atoms with Crippen molar-refractivity contribution < 1.29 is 9.84 Å². The molecule has 0 aliphatic rings. The van der Waals surface area contributed by atoms with Gasteiger partial charge in [0.2, 0.25) is 0 Å². The second-order valence-electron chi connectivity index (χ2n) is 3.69. The molecule has 0 saturated carbocycles. The van der Waals surface area contributed by atoms with E-state index in [1.165, 1.54) is 15.3 Å². The number of aliphatic hydroxyl groups excluding tert-OH is 1. The second kappa shape index (κ2) is 6.23. The Bertz CT molecular complexity index is 279. The molecule has 0 aliphatic carbocycles. The Balaban J connectivity index is 2.25. The van der Waals surface area contributed by atoms with Crippen molar-refractivity contribution in [1.82, 2.24) is 5.32 Å². The van der Waals surface area contributed by atoms with E-state index >= 15 is 0 Å². The van der Waals surface area contributed by atoms with Gasteiger partial charge in [-0.25, -0.2) is 0 Å². The Morgan fingerprint density at radius 1 is 1.53 bits per heavy atom. The molecule has 0 aliphatic heterocycles. The van der Waals surface area contributed by atoms with E-state index in [4.69, 9.17) is 4.74 Å². The molecule has 1 aromatic rings. The lowest BCUT2D eigenvalue weighted by atomic mass is 10.3. The molecule has 0 radical (unpaired) electrons. The summed E-state index contributed by atoms with van der Waals surface area (Å²) in [4.78, 5) is 2.68. The zero-order valence-corrected chi connectivity index (χ0v) is 10.4. The molecule has 1 heterocycles. The van der Waals surface area contributed by atoms with Crippen molar-refractivity contribution in [2.24, 2.45) is 0 Å². The first-order valence-corrected chi connectivity index (χ1v) is 5.88. The van der Waals surface area contributed by atoms with Gasteiger partial charge < -0.3 is 15.2 Å². The minimum Gasteiger partial charge on any atom is -0.389 e. The molecule has 86 valence electrons. The normalized spacial score (nSPS) is 13.1. The number of hydrogen-bond acceptors (Lipinski definition) is 4. The van der Waals surface area contributed by atoms with Crippen molar-refractivity contribution in [3.63, 3.8) is 0 Å². The number of nitrogens with one attached hydrogen (secondary N) is 1. The fraction of sp³-hybridized carbons (Fsp3) is 0.636. The average Bonchev–Trinajstić information content (AvgIpc) is 2.46. The predicted octanol–water partition coefficient (Wildman–Crippen LogP) is 1.46. The molecule has 1 rings (SSSR count). The van der Waals surface area contributed by atoms with Crippen LogP contribution in [0, 0.1) is 13.8 Å². The van der Waals surface area contributed by atoms with E-state index in [0.29, 0.717) is 13.2 Å². The number of methoxy groups -OCH3 is 1. The van der Waals surface area contributed by atoms with Crippen LogP contribution in [0.15, 0.2) is 6.07 Å². The van der Waals surface area contributed by atoms with E-state index in [-0.39, 0.29) is 0 Å². The molecule has 1 unspecified atom stereocenters. The summed E-state index contributed by atoms with van der Waals surface area (Å²) >= 11 is 1.80. The van der Waals surface area contributed by atoms with E-state index in [1.54, 1.807) is 18.4 Å². The summed E-state index contributed by atoms with van der Waals surface area (Å²) in [6, 6.07) is 2.19. The van der Waals surface area contributed by atoms with Crippen LogP contribution in [0.5, 0.6) is 0 Å². The van der Waals surface area contributed by atoms with Gasteiger partial charge in [0.15, 0.2) is 0 Å². The first kappa shape index (κ1) is 12.6. The molecule has 15 heavy (non-hydrogen) atoms. The molecular formula is C11H19NO2S. The molecule has 0 saturated heterocycles. The van der Waals surface area contributed by atoms with Gasteiger partial charge in [0.25, 0.3) is 0 Å². The number of thiophene rings is 1. The number of ether oxygens (including phenoxy) is 1. The first-order valence-electron chi connectivity index (χ1n) is 5.07. The zero-order chi connectivity index (χ0) is 11.3. The third-order valence-corrected chi connectivity index (χ3v) is 3.41. The largest absolute Gasteiger partial charge is 0.389 e. The van der Waals surface area contributed by atoms with Crippen LogP contribution in [-0.4, -0.2) is 31.5 Å². The summed E-state index contributed by atoms with van der Waals surface area (Å²) in [7, 11) is 1.59. The van der Waals surface area contributed by atoms with E-state index in [1.807, 2.05) is 0 Å². The predicted molar refractivity (Wildman–Crippen MR) is 63.4 cm³/mol. The summed E-state index contributed by atoms with van der Waals surface area (Å²) in [6.45, 7) is 6.03. The number of aliphatic hydroxyl groups is 1. The van der Waals surface area contributed by atoms with Crippen molar-refractivity contribution in [3.8, 4) is 0 Å². The van der Waals surface area contributed by atoms with Gasteiger partial charge >= 0.3 is 0 Å². The van der Waals surface area contributed by atoms with Crippen molar-refractivity contribution in [2.45, 2.75) is 26.5 Å². The molecule has 1 atom stereocenters. The Morgan fingerprint density at radius 2 is 2.27 bits per heavy atom. The standard InChI is InChI=1S/C11H19NO2S/c1-8-4-11(15-9(8)2)6-12-5-10(13)7-14-3/h4,10,12-13H,5-7H2,1-3H3. The van der Waals surface area contributed by atoms with Crippen molar-refractivity contribution in [2.75, 3.05) is 20.3 Å². The van der Waals surface area contributed by atoms with Crippen LogP contribution < -0.4 is 5.32 Å². The SMILES string of the molecule is COCC(O)CNCc1cc(C)c(C)s1. The molecule has 0 bridgehead atoms. The minimum absolute atomic E-state index is 0.384. The summed E-state index contributed by atoms with van der Waals surface area (Å²) in [5, 5.41) is 12.6. The molecule has 0 spiro atoms. The Morgan fingerprint density at radius 3 is 2.80 bits per heavy atom. The van der Waals surface area contributed by atoms with Gasteiger partial charge in [-0.1, -0.05) is 0 Å². The molecule has 4 heteroatoms. The van der Waals surface area contributed by atoms with Gasteiger partial charge in [-0.05, 0) is 25.5 Å². The molecule has 0 aromatic carbocycles. The van der Waals surface area contributed by atoms with Gasteiger partial charge in [0, 0.05) is 30.0 Å². The molecule has 1 aromatic heterocycles. The van der Waals surface area contributed by atoms with Crippen molar-refractivity contribution in [3.05, 3.63) is 21.4 Å². The fourth-order valence-electron chi connectivity index (χ4n) is 1.35. The topological polar surface area (TPSA) is 41.5 Å². The van der Waals surface area contributed by atoms with Crippen LogP contribution in [0.4, 0.5) is 0 Å². The monoisotopic (exact) mass is 229 g/mol. The van der Waals surface area contributed by atoms with Crippen LogP contribution >= 0.6 is 11.3 Å². The zero-order valence-electron chi connectivity index (χ0n) is 9.54. The number of aryl methyl sites for hydroxylation is 2. The van der Waals surface area contributed by atoms with Gasteiger partial charge in [0.1, 0.15) is 0 Å². The average molecular weight is 229 g/mol. The van der Waals surface area contributed by atoms with E-state index in [2.05, 4.69) is 25.2 Å². The van der Waals surface area contributed by atoms with Gasteiger partial charge in [-0.15, -0.1) is 11.3 Å². The van der Waals surface area contributed by atoms with Crippen LogP contribution in [-0.2, 0) is 11.3 Å².